The van der Waals surface area contributed by atoms with Gasteiger partial charge in [-0.05, 0) is 32.9 Å². The number of amides is 1. The minimum Gasteiger partial charge on any atom is -0.446 e. The second-order valence-corrected chi connectivity index (χ2v) is 5.39. The largest absolute Gasteiger partial charge is 0.446 e. The Morgan fingerprint density at radius 2 is 1.78 bits per heavy atom. The zero-order chi connectivity index (χ0) is 16.8. The minimum absolute atomic E-state index is 0.0572. The summed E-state index contributed by atoms with van der Waals surface area (Å²) >= 11 is 0. The number of ketones is 1. The summed E-state index contributed by atoms with van der Waals surface area (Å²) in [5, 5.41) is 0. The lowest BCUT2D eigenvalue weighted by Gasteiger charge is -2.22. The Hall–Kier alpha value is -2.63. The maximum absolute atomic E-state index is 12.9. The molecule has 0 aromatic heterocycles. The third kappa shape index (κ3) is 1.98. The van der Waals surface area contributed by atoms with Gasteiger partial charge in [-0.3, -0.25) is 9.59 Å². The Labute approximate surface area is 133 Å². The number of fused-ring (bicyclic) bond motifs is 2. The number of esters is 1. The lowest BCUT2D eigenvalue weighted by Crippen LogP contribution is -2.39. The molecule has 3 rings (SSSR count). The summed E-state index contributed by atoms with van der Waals surface area (Å²) in [4.78, 5) is 39.1. The van der Waals surface area contributed by atoms with Crippen LogP contribution in [0.15, 0.2) is 35.6 Å². The third-order valence-electron chi connectivity index (χ3n) is 4.18. The average Bonchev–Trinajstić information content (AvgIpc) is 2.96. The van der Waals surface area contributed by atoms with E-state index in [2.05, 4.69) is 0 Å². The average molecular weight is 315 g/mol. The van der Waals surface area contributed by atoms with Crippen molar-refractivity contribution < 1.29 is 23.9 Å². The Balaban J connectivity index is 2.04. The quantitative estimate of drug-likeness (QED) is 0.627. The number of nitrogens with zero attached hydrogens (tertiary/aromatic N) is 1. The molecule has 2 aliphatic heterocycles. The molecule has 1 amide bonds. The molecule has 6 heteroatoms. The number of carbonyl (C=O) groups excluding carboxylic acids is 3. The van der Waals surface area contributed by atoms with Gasteiger partial charge in [-0.2, -0.15) is 0 Å². The molecule has 2 aliphatic rings. The normalized spacial score (nSPS) is 22.2. The molecule has 0 saturated carbocycles. The van der Waals surface area contributed by atoms with Crippen molar-refractivity contribution >= 4 is 17.7 Å². The van der Waals surface area contributed by atoms with Crippen LogP contribution in [0.25, 0.3) is 0 Å². The summed E-state index contributed by atoms with van der Waals surface area (Å²) in [5.74, 6) is -3.33. The first-order valence-corrected chi connectivity index (χ1v) is 7.53. The molecule has 1 spiro atoms. The molecule has 23 heavy (non-hydrogen) atoms. The first kappa shape index (κ1) is 15.3. The molecule has 0 radical (unpaired) electrons. The van der Waals surface area contributed by atoms with E-state index in [9.17, 15) is 14.4 Å². The number of carbonyl (C=O) groups is 3. The predicted molar refractivity (Wildman–Crippen MR) is 80.3 cm³/mol. The Morgan fingerprint density at radius 3 is 2.43 bits per heavy atom. The summed E-state index contributed by atoms with van der Waals surface area (Å²) in [6, 6.07) is 6.55. The Kier molecular flexibility index (Phi) is 3.47. The van der Waals surface area contributed by atoms with E-state index in [0.717, 1.165) is 0 Å². The van der Waals surface area contributed by atoms with Crippen LogP contribution in [0.1, 0.15) is 36.7 Å². The molecule has 0 bridgehead atoms. The highest BCUT2D eigenvalue weighted by Gasteiger charge is 2.60. The smallest absolute Gasteiger partial charge is 0.347 e. The van der Waals surface area contributed by atoms with Crippen molar-refractivity contribution in [1.29, 1.82) is 0 Å². The number of benzene rings is 1. The van der Waals surface area contributed by atoms with E-state index in [1.165, 1.54) is 11.8 Å². The van der Waals surface area contributed by atoms with Gasteiger partial charge in [0, 0.05) is 13.1 Å². The third-order valence-corrected chi connectivity index (χ3v) is 4.18. The van der Waals surface area contributed by atoms with E-state index in [0.29, 0.717) is 18.7 Å². The maximum Gasteiger partial charge on any atom is 0.347 e. The van der Waals surface area contributed by atoms with Gasteiger partial charge in [0.1, 0.15) is 11.3 Å². The van der Waals surface area contributed by atoms with Crippen LogP contribution >= 0.6 is 0 Å². The van der Waals surface area contributed by atoms with Gasteiger partial charge in [-0.1, -0.05) is 12.1 Å². The minimum atomic E-state index is -1.85. The second-order valence-electron chi connectivity index (χ2n) is 5.39. The van der Waals surface area contributed by atoms with E-state index in [1.54, 1.807) is 24.3 Å². The molecule has 0 aliphatic carbocycles. The molecular weight excluding hydrogens is 298 g/mol. The van der Waals surface area contributed by atoms with Crippen LogP contribution in [0.3, 0.4) is 0 Å². The van der Waals surface area contributed by atoms with E-state index < -0.39 is 23.4 Å². The van der Waals surface area contributed by atoms with Crippen molar-refractivity contribution in [3.05, 3.63) is 46.7 Å². The Morgan fingerprint density at radius 1 is 1.13 bits per heavy atom. The molecule has 0 saturated heterocycles. The first-order chi connectivity index (χ1) is 11.0. The highest BCUT2D eigenvalue weighted by molar-refractivity contribution is 6.25. The van der Waals surface area contributed by atoms with Crippen molar-refractivity contribution in [3.8, 4) is 0 Å². The lowest BCUT2D eigenvalue weighted by molar-refractivity contribution is -0.178. The molecule has 1 aromatic rings. The van der Waals surface area contributed by atoms with Crippen molar-refractivity contribution in [2.24, 2.45) is 0 Å². The van der Waals surface area contributed by atoms with Gasteiger partial charge < -0.3 is 14.4 Å². The number of Topliss-reactive ketones (excluding diaryl/α,β-unsaturated/α-hetero) is 1. The van der Waals surface area contributed by atoms with E-state index in [4.69, 9.17) is 9.47 Å². The molecule has 120 valence electrons. The van der Waals surface area contributed by atoms with Gasteiger partial charge in [-0.15, -0.1) is 0 Å². The van der Waals surface area contributed by atoms with Crippen LogP contribution < -0.4 is 0 Å². The number of allylic oxidation sites excluding steroid dienone is 1. The molecule has 0 N–H and O–H groups in total. The zero-order valence-electron chi connectivity index (χ0n) is 13.2. The van der Waals surface area contributed by atoms with Gasteiger partial charge in [0.15, 0.2) is 0 Å². The van der Waals surface area contributed by atoms with Gasteiger partial charge in [-0.25, -0.2) is 4.79 Å². The van der Waals surface area contributed by atoms with Crippen LogP contribution in [-0.2, 0) is 24.8 Å². The van der Waals surface area contributed by atoms with E-state index in [-0.39, 0.29) is 16.9 Å². The van der Waals surface area contributed by atoms with Crippen molar-refractivity contribution in [2.45, 2.75) is 26.6 Å². The highest BCUT2D eigenvalue weighted by atomic mass is 16.7. The van der Waals surface area contributed by atoms with Crippen LogP contribution in [0.4, 0.5) is 0 Å². The van der Waals surface area contributed by atoms with Crippen LogP contribution in [0.2, 0.25) is 0 Å². The molecule has 6 nitrogen and oxygen atoms in total. The van der Waals surface area contributed by atoms with Crippen LogP contribution in [-0.4, -0.2) is 35.6 Å². The summed E-state index contributed by atoms with van der Waals surface area (Å²) in [6.07, 6.45) is 0. The molecule has 1 aromatic carbocycles. The van der Waals surface area contributed by atoms with Crippen molar-refractivity contribution in [2.75, 3.05) is 13.1 Å². The van der Waals surface area contributed by atoms with E-state index >= 15 is 0 Å². The van der Waals surface area contributed by atoms with Gasteiger partial charge in [0.05, 0.1) is 11.1 Å². The summed E-state index contributed by atoms with van der Waals surface area (Å²) < 4.78 is 10.9. The number of ether oxygens (including phenoxy) is 2. The molecule has 2 heterocycles. The van der Waals surface area contributed by atoms with Crippen molar-refractivity contribution in [1.82, 2.24) is 4.90 Å². The standard InChI is InChI=1S/C17H17NO5/c1-4-18(5-2)15(20)13-10(3)22-17(14(13)19)12-9-7-6-8-11(12)16(21)23-17/h6-9H,4-5H2,1-3H3. The predicted octanol–water partition coefficient (Wildman–Crippen LogP) is 1.75. The number of likely N-dealkylation sites (N-methyl/N-ethyl adjacent to an activating group) is 1. The van der Waals surface area contributed by atoms with Gasteiger partial charge >= 0.3 is 11.8 Å². The Bertz CT molecular complexity index is 747. The number of rotatable bonds is 3. The fraction of sp³-hybridized carbons (Fsp3) is 0.353. The SMILES string of the molecule is CCN(CC)C(=O)C1=C(C)OC2(OC(=O)c3ccccc32)C1=O. The monoisotopic (exact) mass is 315 g/mol. The molecule has 1 unspecified atom stereocenters. The molecular formula is C17H17NO5. The summed E-state index contributed by atoms with van der Waals surface area (Å²) in [6.45, 7) is 6.15. The fourth-order valence-electron chi connectivity index (χ4n) is 2.99. The number of hydrogen-bond acceptors (Lipinski definition) is 5. The van der Waals surface area contributed by atoms with Crippen LogP contribution in [0, 0.1) is 0 Å². The second kappa shape index (κ2) is 5.22. The first-order valence-electron chi connectivity index (χ1n) is 7.53. The van der Waals surface area contributed by atoms with Gasteiger partial charge in [0.2, 0.25) is 0 Å². The lowest BCUT2D eigenvalue weighted by atomic mass is 9.95. The van der Waals surface area contributed by atoms with Gasteiger partial charge in [0.25, 0.3) is 11.7 Å². The van der Waals surface area contributed by atoms with Crippen molar-refractivity contribution in [3.63, 3.8) is 0 Å². The topological polar surface area (TPSA) is 72.9 Å². The molecule has 1 atom stereocenters. The zero-order valence-corrected chi connectivity index (χ0v) is 13.2. The summed E-state index contributed by atoms with van der Waals surface area (Å²) in [5.41, 5.74) is 0.570. The maximum atomic E-state index is 12.9. The van der Waals surface area contributed by atoms with Crippen LogP contribution in [0.5, 0.6) is 0 Å². The summed E-state index contributed by atoms with van der Waals surface area (Å²) in [7, 11) is 0. The molecule has 0 fully saturated rings. The number of hydrogen-bond donors (Lipinski definition) is 0. The highest BCUT2D eigenvalue weighted by Crippen LogP contribution is 2.46. The fourth-order valence-corrected chi connectivity index (χ4v) is 2.99. The van der Waals surface area contributed by atoms with E-state index in [1.807, 2.05) is 13.8 Å².